The summed E-state index contributed by atoms with van der Waals surface area (Å²) in [7, 11) is 0. The lowest BCUT2D eigenvalue weighted by atomic mass is 10.1. The van der Waals surface area contributed by atoms with E-state index in [9.17, 15) is 0 Å². The van der Waals surface area contributed by atoms with Gasteiger partial charge in [0.05, 0.1) is 5.71 Å². The molecule has 58 valence electrons. The third kappa shape index (κ3) is 2.38. The van der Waals surface area contributed by atoms with E-state index in [1.165, 1.54) is 0 Å². The maximum Gasteiger partial charge on any atom is 0.148 e. The van der Waals surface area contributed by atoms with Crippen LogP contribution >= 0.6 is 11.6 Å². The molecule has 6 heteroatoms. The van der Waals surface area contributed by atoms with E-state index in [4.69, 9.17) is 38.6 Å². The zero-order chi connectivity index (χ0) is 9.02. The van der Waals surface area contributed by atoms with Gasteiger partial charge in [0.25, 0.3) is 0 Å². The zero-order valence-electron chi connectivity index (χ0n) is 5.46. The van der Waals surface area contributed by atoms with Crippen LogP contribution in [0.3, 0.4) is 0 Å². The predicted molar refractivity (Wildman–Crippen MR) is 45.5 cm³/mol. The highest BCUT2D eigenvalue weighted by Gasteiger charge is 2.11. The maximum absolute atomic E-state index is 7.01. The molecular weight excluding hydrogens is 166 g/mol. The molecule has 11 heavy (non-hydrogen) atoms. The highest BCUT2D eigenvalue weighted by molar-refractivity contribution is 6.99. The van der Waals surface area contributed by atoms with Crippen LogP contribution in [0.2, 0.25) is 0 Å². The minimum Gasteiger partial charge on any atom is -0.306 e. The molecule has 0 aliphatic carbocycles. The number of nitrogens with one attached hydrogen (secondary N) is 5. The Morgan fingerprint density at radius 1 is 1.00 bits per heavy atom. The molecule has 0 aliphatic rings. The van der Waals surface area contributed by atoms with Gasteiger partial charge in [0.1, 0.15) is 16.6 Å². The molecule has 0 aliphatic heterocycles. The molecule has 0 saturated carbocycles. The van der Waals surface area contributed by atoms with Crippen molar-refractivity contribution in [3.05, 3.63) is 0 Å². The van der Waals surface area contributed by atoms with Gasteiger partial charge in [0, 0.05) is 6.21 Å². The Labute approximate surface area is 67.9 Å². The van der Waals surface area contributed by atoms with Gasteiger partial charge in [-0.3, -0.25) is 21.6 Å². The van der Waals surface area contributed by atoms with Gasteiger partial charge < -0.3 is 5.41 Å². The first kappa shape index (κ1) is 9.64. The van der Waals surface area contributed by atoms with Crippen molar-refractivity contribution in [1.82, 2.24) is 0 Å². The van der Waals surface area contributed by atoms with E-state index >= 15 is 0 Å². The fraction of sp³-hybridized carbons (Fsp3) is 0. The Morgan fingerprint density at radius 3 is 1.73 bits per heavy atom. The van der Waals surface area contributed by atoms with Crippen molar-refractivity contribution < 1.29 is 0 Å². The van der Waals surface area contributed by atoms with Crippen molar-refractivity contribution in [1.29, 1.82) is 27.0 Å². The first-order valence-corrected chi connectivity index (χ1v) is 2.89. The van der Waals surface area contributed by atoms with Crippen molar-refractivity contribution >= 4 is 40.1 Å². The molecule has 0 heterocycles. The minimum absolute atomic E-state index is 0.430. The number of hydrogen-bond donors (Lipinski definition) is 5. The summed E-state index contributed by atoms with van der Waals surface area (Å²) < 4.78 is 0. The summed E-state index contributed by atoms with van der Waals surface area (Å²) in [6, 6.07) is 0. The summed E-state index contributed by atoms with van der Waals surface area (Å²) >= 11 is 5.07. The van der Waals surface area contributed by atoms with Crippen molar-refractivity contribution in [2.75, 3.05) is 0 Å². The normalized spacial score (nSPS) is 8.45. The van der Waals surface area contributed by atoms with E-state index in [-0.39, 0.29) is 0 Å². The van der Waals surface area contributed by atoms with Gasteiger partial charge in [0.2, 0.25) is 0 Å². The Bertz CT molecular complexity index is 254. The van der Waals surface area contributed by atoms with Crippen LogP contribution in [0.5, 0.6) is 0 Å². The van der Waals surface area contributed by atoms with Crippen LogP contribution in [0.1, 0.15) is 0 Å². The van der Waals surface area contributed by atoms with Crippen LogP contribution in [0.15, 0.2) is 0 Å². The molecule has 0 radical (unpaired) electrons. The van der Waals surface area contributed by atoms with Crippen molar-refractivity contribution in [3.8, 4) is 0 Å². The molecule has 0 saturated heterocycles. The van der Waals surface area contributed by atoms with Crippen molar-refractivity contribution in [2.45, 2.75) is 0 Å². The Hall–Kier alpha value is -1.36. The third-order valence-electron chi connectivity index (χ3n) is 0.883. The van der Waals surface area contributed by atoms with Crippen LogP contribution in [-0.2, 0) is 0 Å². The molecule has 0 spiro atoms. The first-order valence-electron chi connectivity index (χ1n) is 2.52. The van der Waals surface area contributed by atoms with E-state index in [1.54, 1.807) is 0 Å². The molecule has 0 unspecified atom stereocenters. The van der Waals surface area contributed by atoms with E-state index in [2.05, 4.69) is 0 Å². The van der Waals surface area contributed by atoms with Crippen molar-refractivity contribution in [2.24, 2.45) is 0 Å². The van der Waals surface area contributed by atoms with Gasteiger partial charge in [-0.05, 0) is 0 Å². The predicted octanol–water partition coefficient (Wildman–Crippen LogP) is 0.911. The van der Waals surface area contributed by atoms with Crippen molar-refractivity contribution in [3.63, 3.8) is 0 Å². The SMILES string of the molecule is N=CC(=N)C(=N)C(=N)C(=N)Cl. The molecule has 0 atom stereocenters. The molecule has 0 aromatic rings. The summed E-state index contributed by atoms with van der Waals surface area (Å²) in [5.74, 6) is 0. The number of halogens is 1. The molecular formula is C5H6ClN5. The van der Waals surface area contributed by atoms with Gasteiger partial charge in [-0.2, -0.15) is 0 Å². The quantitative estimate of drug-likeness (QED) is 0.387. The Balaban J connectivity index is 4.51. The summed E-state index contributed by atoms with van der Waals surface area (Å²) in [6.45, 7) is 0. The smallest absolute Gasteiger partial charge is 0.148 e. The first-order chi connectivity index (χ1) is 5.00. The molecule has 0 aromatic carbocycles. The van der Waals surface area contributed by atoms with E-state index in [0.717, 1.165) is 0 Å². The van der Waals surface area contributed by atoms with Gasteiger partial charge in [0.15, 0.2) is 0 Å². The second kappa shape index (κ2) is 3.72. The summed E-state index contributed by atoms with van der Waals surface area (Å²) in [4.78, 5) is 0. The van der Waals surface area contributed by atoms with Crippen LogP contribution < -0.4 is 0 Å². The van der Waals surface area contributed by atoms with Crippen LogP contribution in [0, 0.1) is 27.0 Å². The summed E-state index contributed by atoms with van der Waals surface area (Å²) in [6.07, 6.45) is 0.622. The monoisotopic (exact) mass is 171 g/mol. The third-order valence-corrected chi connectivity index (χ3v) is 1.07. The van der Waals surface area contributed by atoms with Gasteiger partial charge >= 0.3 is 0 Å². The summed E-state index contributed by atoms with van der Waals surface area (Å²) in [5.41, 5.74) is -1.49. The lowest BCUT2D eigenvalue weighted by molar-refractivity contribution is 1.48. The zero-order valence-corrected chi connectivity index (χ0v) is 6.21. The molecule has 0 bridgehead atoms. The van der Waals surface area contributed by atoms with Crippen LogP contribution in [0.25, 0.3) is 0 Å². The second-order valence-electron chi connectivity index (χ2n) is 1.62. The molecule has 0 rings (SSSR count). The highest BCUT2D eigenvalue weighted by atomic mass is 35.5. The fourth-order valence-electron chi connectivity index (χ4n) is 0.317. The average molecular weight is 172 g/mol. The molecule has 0 fully saturated rings. The average Bonchev–Trinajstić information content (AvgIpc) is 2.00. The lowest BCUT2D eigenvalue weighted by Crippen LogP contribution is -2.26. The van der Waals surface area contributed by atoms with E-state index < -0.39 is 22.3 Å². The number of rotatable bonds is 4. The molecule has 5 N–H and O–H groups in total. The van der Waals surface area contributed by atoms with Gasteiger partial charge in [-0.15, -0.1) is 0 Å². The van der Waals surface area contributed by atoms with E-state index in [0.29, 0.717) is 6.21 Å². The molecule has 0 aromatic heterocycles. The van der Waals surface area contributed by atoms with Gasteiger partial charge in [-0.25, -0.2) is 0 Å². The molecule has 5 nitrogen and oxygen atoms in total. The topological polar surface area (TPSA) is 119 Å². The van der Waals surface area contributed by atoms with E-state index in [1.807, 2.05) is 0 Å². The lowest BCUT2D eigenvalue weighted by Gasteiger charge is -1.98. The largest absolute Gasteiger partial charge is 0.306 e. The van der Waals surface area contributed by atoms with Crippen LogP contribution in [0.4, 0.5) is 0 Å². The fourth-order valence-corrected chi connectivity index (χ4v) is 0.411. The second-order valence-corrected chi connectivity index (χ2v) is 2.00. The van der Waals surface area contributed by atoms with Crippen LogP contribution in [-0.4, -0.2) is 28.5 Å². The number of hydrogen-bond acceptors (Lipinski definition) is 5. The molecule has 0 amide bonds. The Kier molecular flexibility index (Phi) is 3.26. The highest BCUT2D eigenvalue weighted by Crippen LogP contribution is 1.88. The standard InChI is InChI=1S/C5H6ClN5/c6-5(11)4(10)3(9)2(8)1-7/h1,7-11H. The maximum atomic E-state index is 7.01. The van der Waals surface area contributed by atoms with Gasteiger partial charge in [-0.1, -0.05) is 11.6 Å². The minimum atomic E-state index is -0.596. The Morgan fingerprint density at radius 2 is 1.45 bits per heavy atom. The summed E-state index contributed by atoms with van der Waals surface area (Å²) in [5, 5.41) is 33.6.